The Morgan fingerprint density at radius 3 is 2.64 bits per heavy atom. The maximum atomic E-state index is 14.4. The van der Waals surface area contributed by atoms with Gasteiger partial charge in [0.1, 0.15) is 17.6 Å². The predicted molar refractivity (Wildman–Crippen MR) is 145 cm³/mol. The molecule has 1 N–H and O–H groups in total. The van der Waals surface area contributed by atoms with Gasteiger partial charge < -0.3 is 29.1 Å². The molecule has 0 aromatic carbocycles. The highest BCUT2D eigenvalue weighted by atomic mass is 16.6. The van der Waals surface area contributed by atoms with Crippen molar-refractivity contribution >= 4 is 17.8 Å². The van der Waals surface area contributed by atoms with Crippen molar-refractivity contribution in [1.82, 2.24) is 14.7 Å². The molecule has 218 valence electrons. The van der Waals surface area contributed by atoms with Gasteiger partial charge in [-0.25, -0.2) is 0 Å². The number of likely N-dealkylation sites (tertiary alicyclic amines) is 1. The van der Waals surface area contributed by atoms with Crippen LogP contribution in [0.25, 0.3) is 0 Å². The highest BCUT2D eigenvalue weighted by Crippen LogP contribution is 2.65. The van der Waals surface area contributed by atoms with E-state index in [1.54, 1.807) is 24.0 Å². The van der Waals surface area contributed by atoms with Gasteiger partial charge in [-0.1, -0.05) is 19.1 Å². The lowest BCUT2D eigenvalue weighted by Crippen LogP contribution is -2.59. The molecule has 2 bridgehead atoms. The number of carbonyl (C=O) groups excluding carboxylic acids is 3. The van der Waals surface area contributed by atoms with Crippen molar-refractivity contribution in [3.63, 3.8) is 0 Å². The molecule has 4 heterocycles. The van der Waals surface area contributed by atoms with Gasteiger partial charge in [0.25, 0.3) is 0 Å². The summed E-state index contributed by atoms with van der Waals surface area (Å²) in [6.45, 7) is 17.4. The largest absolute Gasteiger partial charge is 0.465 e. The quantitative estimate of drug-likeness (QED) is 0.208. The first-order valence-electron chi connectivity index (χ1n) is 14.3. The summed E-state index contributed by atoms with van der Waals surface area (Å²) >= 11 is 0. The maximum absolute atomic E-state index is 14.4. The molecule has 0 aromatic heterocycles. The van der Waals surface area contributed by atoms with Crippen molar-refractivity contribution in [1.29, 1.82) is 0 Å². The van der Waals surface area contributed by atoms with Gasteiger partial charge in [0.05, 0.1) is 44.0 Å². The van der Waals surface area contributed by atoms with E-state index in [4.69, 9.17) is 14.2 Å². The predicted octanol–water partition coefficient (Wildman–Crippen LogP) is 1.23. The molecule has 3 unspecified atom stereocenters. The fourth-order valence-electron chi connectivity index (χ4n) is 7.07. The number of hydrogen-bond acceptors (Lipinski definition) is 8. The van der Waals surface area contributed by atoms with Gasteiger partial charge in [0.15, 0.2) is 0 Å². The molecule has 4 aliphatic rings. The lowest BCUT2D eigenvalue weighted by Gasteiger charge is -2.39. The van der Waals surface area contributed by atoms with Crippen LogP contribution in [0.3, 0.4) is 0 Å². The van der Waals surface area contributed by atoms with Crippen LogP contribution in [0.1, 0.15) is 40.0 Å². The molecule has 0 saturated carbocycles. The fourth-order valence-corrected chi connectivity index (χ4v) is 7.07. The first-order chi connectivity index (χ1) is 18.7. The lowest BCUT2D eigenvalue weighted by atomic mass is 9.62. The van der Waals surface area contributed by atoms with E-state index in [1.165, 1.54) is 4.90 Å². The van der Waals surface area contributed by atoms with Crippen molar-refractivity contribution in [3.05, 3.63) is 25.3 Å². The van der Waals surface area contributed by atoms with Gasteiger partial charge in [-0.2, -0.15) is 0 Å². The third kappa shape index (κ3) is 5.16. The Kier molecular flexibility index (Phi) is 9.20. The molecule has 4 fully saturated rings. The van der Waals surface area contributed by atoms with Crippen molar-refractivity contribution < 1.29 is 33.7 Å². The molecule has 1 spiro atoms. The molecular formula is C29H45N3O7. The first-order valence-corrected chi connectivity index (χ1v) is 14.3. The summed E-state index contributed by atoms with van der Waals surface area (Å²) in [7, 11) is 0. The second kappa shape index (κ2) is 12.1. The molecule has 10 nitrogen and oxygen atoms in total. The van der Waals surface area contributed by atoms with Crippen LogP contribution < -0.4 is 0 Å². The summed E-state index contributed by atoms with van der Waals surface area (Å²) in [6, 6.07) is -1.57. The average Bonchev–Trinajstić information content (AvgIpc) is 3.45. The molecule has 4 saturated heterocycles. The third-order valence-corrected chi connectivity index (χ3v) is 9.23. The minimum Gasteiger partial charge on any atom is -0.465 e. The number of ether oxygens (including phenoxy) is 3. The standard InChI is InChI=1S/C29H45N3O7/c1-6-8-9-15-38-27(36)23-22-25(34)32(21(4)19-33)24(29(22)18-20(3)28(23,5)39-29)26(35)31(10-7-2)12-11-30-13-16-37-17-14-30/h6-7,20-24,33H,1-2,8-19H2,3-5H3/t20?,21-,22+,23-,24?,28+,29?/m1/s1. The Hall–Kier alpha value is -2.27. The zero-order valence-electron chi connectivity index (χ0n) is 23.7. The second-order valence-corrected chi connectivity index (χ2v) is 11.6. The van der Waals surface area contributed by atoms with Gasteiger partial charge in [-0.15, -0.1) is 13.2 Å². The zero-order valence-corrected chi connectivity index (χ0v) is 23.7. The average molecular weight is 548 g/mol. The first kappa shape index (κ1) is 29.7. The molecule has 39 heavy (non-hydrogen) atoms. The van der Waals surface area contributed by atoms with E-state index in [-0.39, 0.29) is 30.9 Å². The monoisotopic (exact) mass is 547 g/mol. The summed E-state index contributed by atoms with van der Waals surface area (Å²) in [5.74, 6) is -2.79. The Balaban J connectivity index is 1.66. The molecule has 7 atom stereocenters. The van der Waals surface area contributed by atoms with E-state index < -0.39 is 41.1 Å². The molecule has 0 aromatic rings. The van der Waals surface area contributed by atoms with Crippen LogP contribution in [-0.2, 0) is 28.6 Å². The zero-order chi connectivity index (χ0) is 28.4. The van der Waals surface area contributed by atoms with Gasteiger partial charge in [-0.05, 0) is 39.0 Å². The third-order valence-electron chi connectivity index (χ3n) is 9.23. The normalized spacial score (nSPS) is 34.6. The number of allylic oxidation sites excluding steroid dienone is 1. The highest BCUT2D eigenvalue weighted by Gasteiger charge is 2.80. The number of morpholine rings is 1. The van der Waals surface area contributed by atoms with Crippen molar-refractivity contribution in [2.24, 2.45) is 17.8 Å². The van der Waals surface area contributed by atoms with Gasteiger partial charge in [0, 0.05) is 32.7 Å². The minimum atomic E-state index is -1.17. The van der Waals surface area contributed by atoms with Crippen LogP contribution >= 0.6 is 0 Å². The molecule has 0 aliphatic carbocycles. The number of amides is 2. The summed E-state index contributed by atoms with van der Waals surface area (Å²) in [5, 5.41) is 10.1. The number of rotatable bonds is 13. The number of aliphatic hydroxyl groups excluding tert-OH is 1. The summed E-state index contributed by atoms with van der Waals surface area (Å²) < 4.78 is 17.8. The van der Waals surface area contributed by atoms with E-state index in [0.29, 0.717) is 45.7 Å². The number of aliphatic hydroxyl groups is 1. The minimum absolute atomic E-state index is 0.0758. The van der Waals surface area contributed by atoms with Crippen molar-refractivity contribution in [3.8, 4) is 0 Å². The lowest BCUT2D eigenvalue weighted by molar-refractivity contribution is -0.163. The second-order valence-electron chi connectivity index (χ2n) is 11.6. The Labute approximate surface area is 231 Å². The molecule has 2 amide bonds. The number of carbonyl (C=O) groups is 3. The molecule has 0 radical (unpaired) electrons. The number of fused-ring (bicyclic) bond motifs is 1. The molecule has 10 heteroatoms. The van der Waals surface area contributed by atoms with Crippen LogP contribution in [0.4, 0.5) is 0 Å². The highest BCUT2D eigenvalue weighted by molar-refractivity contribution is 5.98. The Morgan fingerprint density at radius 1 is 1.28 bits per heavy atom. The van der Waals surface area contributed by atoms with Crippen LogP contribution in [0.2, 0.25) is 0 Å². The van der Waals surface area contributed by atoms with Crippen molar-refractivity contribution in [2.45, 2.75) is 63.3 Å². The van der Waals surface area contributed by atoms with Gasteiger partial charge in [-0.3, -0.25) is 19.3 Å². The summed E-state index contributed by atoms with van der Waals surface area (Å²) in [5.41, 5.74) is -2.10. The Morgan fingerprint density at radius 2 is 2.00 bits per heavy atom. The summed E-state index contributed by atoms with van der Waals surface area (Å²) in [4.78, 5) is 47.5. The van der Waals surface area contributed by atoms with Crippen LogP contribution in [-0.4, -0.2) is 120 Å². The van der Waals surface area contributed by atoms with E-state index >= 15 is 0 Å². The fraction of sp³-hybridized carbons (Fsp3) is 0.759. The Bertz CT molecular complexity index is 953. The SMILES string of the molecule is C=CCCCOC(=O)[C@H]1[C@H]2C(=O)N([C@H](C)CO)C(C(=O)N(CC=C)CCN3CCOCC3)C23CC(C)[C@]1(C)O3. The van der Waals surface area contributed by atoms with Crippen LogP contribution in [0, 0.1) is 17.8 Å². The topological polar surface area (TPSA) is 109 Å². The van der Waals surface area contributed by atoms with E-state index in [1.807, 2.05) is 13.8 Å². The number of nitrogens with zero attached hydrogens (tertiary/aromatic N) is 3. The van der Waals surface area contributed by atoms with Crippen LogP contribution in [0.15, 0.2) is 25.3 Å². The van der Waals surface area contributed by atoms with Crippen LogP contribution in [0.5, 0.6) is 0 Å². The number of hydrogen-bond donors (Lipinski definition) is 1. The van der Waals surface area contributed by atoms with Gasteiger partial charge in [0.2, 0.25) is 11.8 Å². The number of unbranched alkanes of at least 4 members (excludes halogenated alkanes) is 1. The molecular weight excluding hydrogens is 502 g/mol. The van der Waals surface area contributed by atoms with Crippen molar-refractivity contribution in [2.75, 3.05) is 59.2 Å². The van der Waals surface area contributed by atoms with E-state index in [0.717, 1.165) is 19.5 Å². The molecule has 4 aliphatic heterocycles. The molecule has 4 rings (SSSR count). The number of esters is 1. The van der Waals surface area contributed by atoms with E-state index in [2.05, 4.69) is 18.1 Å². The van der Waals surface area contributed by atoms with Gasteiger partial charge >= 0.3 is 5.97 Å². The van der Waals surface area contributed by atoms with E-state index in [9.17, 15) is 19.5 Å². The summed E-state index contributed by atoms with van der Waals surface area (Å²) in [6.07, 6.45) is 5.29. The maximum Gasteiger partial charge on any atom is 0.312 e. The smallest absolute Gasteiger partial charge is 0.312 e.